The van der Waals surface area contributed by atoms with E-state index < -0.39 is 0 Å². The summed E-state index contributed by atoms with van der Waals surface area (Å²) in [5.74, 6) is 0.788. The van der Waals surface area contributed by atoms with E-state index in [0.717, 1.165) is 11.4 Å². The van der Waals surface area contributed by atoms with Crippen LogP contribution in [0.4, 0.5) is 11.4 Å². The summed E-state index contributed by atoms with van der Waals surface area (Å²) in [5, 5.41) is 0. The van der Waals surface area contributed by atoms with E-state index in [2.05, 4.69) is 24.8 Å². The van der Waals surface area contributed by atoms with Crippen LogP contribution in [-0.4, -0.2) is 18.7 Å². The Balaban J connectivity index is 2.25. The molecule has 0 aromatic heterocycles. The van der Waals surface area contributed by atoms with Crippen molar-refractivity contribution in [1.29, 1.82) is 0 Å². The number of nitrogens with two attached hydrogens (primary N) is 1. The minimum absolute atomic E-state index is 0.599. The van der Waals surface area contributed by atoms with Crippen molar-refractivity contribution in [3.63, 3.8) is 0 Å². The molecule has 1 aliphatic heterocycles. The third-order valence-corrected chi connectivity index (χ3v) is 3.54. The van der Waals surface area contributed by atoms with Crippen LogP contribution in [0.1, 0.15) is 33.6 Å². The summed E-state index contributed by atoms with van der Waals surface area (Å²) in [6.45, 7) is 7.17. The van der Waals surface area contributed by atoms with E-state index in [1.54, 1.807) is 0 Å². The smallest absolute Gasteiger partial charge is 0.142 e. The zero-order valence-corrected chi connectivity index (χ0v) is 10.9. The van der Waals surface area contributed by atoms with Gasteiger partial charge in [0.2, 0.25) is 0 Å². The maximum Gasteiger partial charge on any atom is 0.142 e. The molecule has 0 saturated carbocycles. The SMILES string of the molecule is CCOc1ccc(N2[C@H](C)CC[C@@H]2C)cc1N. The predicted octanol–water partition coefficient (Wildman–Crippen LogP) is 3.04. The van der Waals surface area contributed by atoms with Crippen LogP contribution in [0.3, 0.4) is 0 Å². The monoisotopic (exact) mass is 234 g/mol. The Bertz CT molecular complexity index is 382. The molecule has 1 aromatic rings. The van der Waals surface area contributed by atoms with Gasteiger partial charge in [-0.15, -0.1) is 0 Å². The Hall–Kier alpha value is -1.38. The summed E-state index contributed by atoms with van der Waals surface area (Å²) in [6.07, 6.45) is 2.52. The second kappa shape index (κ2) is 4.86. The topological polar surface area (TPSA) is 38.5 Å². The van der Waals surface area contributed by atoms with Crippen LogP contribution in [0, 0.1) is 0 Å². The van der Waals surface area contributed by atoms with Gasteiger partial charge in [-0.25, -0.2) is 0 Å². The number of ether oxygens (including phenoxy) is 1. The summed E-state index contributed by atoms with van der Waals surface area (Å²) < 4.78 is 5.46. The normalized spacial score (nSPS) is 24.1. The highest BCUT2D eigenvalue weighted by Gasteiger charge is 2.27. The molecule has 0 unspecified atom stereocenters. The van der Waals surface area contributed by atoms with E-state index in [-0.39, 0.29) is 0 Å². The summed E-state index contributed by atoms with van der Waals surface area (Å²) >= 11 is 0. The number of benzene rings is 1. The van der Waals surface area contributed by atoms with Crippen molar-refractivity contribution in [2.24, 2.45) is 0 Å². The molecular formula is C14H22N2O. The van der Waals surface area contributed by atoms with E-state index in [9.17, 15) is 0 Å². The van der Waals surface area contributed by atoms with Crippen molar-refractivity contribution in [3.05, 3.63) is 18.2 Å². The average Bonchev–Trinajstić information content (AvgIpc) is 2.62. The van der Waals surface area contributed by atoms with E-state index in [4.69, 9.17) is 10.5 Å². The second-order valence-corrected chi connectivity index (χ2v) is 4.84. The summed E-state index contributed by atoms with van der Waals surface area (Å²) in [7, 11) is 0. The number of nitrogens with zero attached hydrogens (tertiary/aromatic N) is 1. The first-order chi connectivity index (χ1) is 8.13. The average molecular weight is 234 g/mol. The van der Waals surface area contributed by atoms with Crippen molar-refractivity contribution in [2.75, 3.05) is 17.2 Å². The van der Waals surface area contributed by atoms with E-state index >= 15 is 0 Å². The third kappa shape index (κ3) is 2.33. The van der Waals surface area contributed by atoms with Gasteiger partial charge in [-0.05, 0) is 51.8 Å². The molecule has 0 amide bonds. The highest BCUT2D eigenvalue weighted by molar-refractivity contribution is 5.64. The van der Waals surface area contributed by atoms with Gasteiger partial charge in [0.05, 0.1) is 12.3 Å². The quantitative estimate of drug-likeness (QED) is 0.817. The standard InChI is InChI=1S/C14H22N2O/c1-4-17-14-8-7-12(9-13(14)15)16-10(2)5-6-11(16)3/h7-11H,4-6,15H2,1-3H3/t10-,11+. The molecule has 94 valence electrons. The number of anilines is 2. The summed E-state index contributed by atoms with van der Waals surface area (Å²) in [5.41, 5.74) is 7.96. The van der Waals surface area contributed by atoms with Crippen molar-refractivity contribution in [1.82, 2.24) is 0 Å². The molecule has 0 spiro atoms. The first-order valence-corrected chi connectivity index (χ1v) is 6.44. The van der Waals surface area contributed by atoms with Gasteiger partial charge in [0.15, 0.2) is 0 Å². The molecule has 1 heterocycles. The highest BCUT2D eigenvalue weighted by atomic mass is 16.5. The van der Waals surface area contributed by atoms with Gasteiger partial charge < -0.3 is 15.4 Å². The molecule has 0 radical (unpaired) electrons. The predicted molar refractivity (Wildman–Crippen MR) is 72.7 cm³/mol. The molecule has 2 rings (SSSR count). The lowest BCUT2D eigenvalue weighted by molar-refractivity contribution is 0.342. The molecule has 1 aliphatic rings. The van der Waals surface area contributed by atoms with Crippen LogP contribution < -0.4 is 15.4 Å². The van der Waals surface area contributed by atoms with Crippen LogP contribution in [0.25, 0.3) is 0 Å². The first kappa shape index (κ1) is 12.1. The zero-order valence-electron chi connectivity index (χ0n) is 10.9. The molecule has 0 aliphatic carbocycles. The Morgan fingerprint density at radius 3 is 2.47 bits per heavy atom. The Morgan fingerprint density at radius 1 is 1.29 bits per heavy atom. The number of nitrogen functional groups attached to an aromatic ring is 1. The maximum absolute atomic E-state index is 6.01. The lowest BCUT2D eigenvalue weighted by Crippen LogP contribution is -2.32. The van der Waals surface area contributed by atoms with Crippen LogP contribution in [0.5, 0.6) is 5.75 Å². The Kier molecular flexibility index (Phi) is 3.46. The molecule has 17 heavy (non-hydrogen) atoms. The molecule has 0 bridgehead atoms. The minimum Gasteiger partial charge on any atom is -0.492 e. The van der Waals surface area contributed by atoms with E-state index in [1.807, 2.05) is 19.1 Å². The van der Waals surface area contributed by atoms with E-state index in [0.29, 0.717) is 18.7 Å². The lowest BCUT2D eigenvalue weighted by Gasteiger charge is -2.29. The van der Waals surface area contributed by atoms with Crippen molar-refractivity contribution in [2.45, 2.75) is 45.7 Å². The van der Waals surface area contributed by atoms with Gasteiger partial charge >= 0.3 is 0 Å². The van der Waals surface area contributed by atoms with Gasteiger partial charge in [-0.2, -0.15) is 0 Å². The number of hydrogen-bond acceptors (Lipinski definition) is 3. The van der Waals surface area contributed by atoms with Gasteiger partial charge in [0.25, 0.3) is 0 Å². The van der Waals surface area contributed by atoms with Crippen molar-refractivity contribution < 1.29 is 4.74 Å². The lowest BCUT2D eigenvalue weighted by atomic mass is 10.2. The summed E-state index contributed by atoms with van der Waals surface area (Å²) in [4.78, 5) is 2.45. The fourth-order valence-electron chi connectivity index (χ4n) is 2.69. The molecule has 2 atom stereocenters. The molecule has 3 nitrogen and oxygen atoms in total. The number of rotatable bonds is 3. The molecule has 1 saturated heterocycles. The van der Waals surface area contributed by atoms with Gasteiger partial charge in [0.1, 0.15) is 5.75 Å². The molecule has 1 fully saturated rings. The third-order valence-electron chi connectivity index (χ3n) is 3.54. The highest BCUT2D eigenvalue weighted by Crippen LogP contribution is 2.34. The fourth-order valence-corrected chi connectivity index (χ4v) is 2.69. The minimum atomic E-state index is 0.599. The zero-order chi connectivity index (χ0) is 12.4. The van der Waals surface area contributed by atoms with Crippen LogP contribution in [0.2, 0.25) is 0 Å². The van der Waals surface area contributed by atoms with Crippen LogP contribution in [-0.2, 0) is 0 Å². The van der Waals surface area contributed by atoms with Crippen molar-refractivity contribution in [3.8, 4) is 5.75 Å². The van der Waals surface area contributed by atoms with Gasteiger partial charge in [0, 0.05) is 17.8 Å². The Labute approximate surface area is 104 Å². The number of hydrogen-bond donors (Lipinski definition) is 1. The fraction of sp³-hybridized carbons (Fsp3) is 0.571. The molecule has 1 aromatic carbocycles. The van der Waals surface area contributed by atoms with Crippen LogP contribution in [0.15, 0.2) is 18.2 Å². The first-order valence-electron chi connectivity index (χ1n) is 6.44. The maximum atomic E-state index is 6.01. The van der Waals surface area contributed by atoms with Gasteiger partial charge in [-0.3, -0.25) is 0 Å². The largest absolute Gasteiger partial charge is 0.492 e. The molecule has 2 N–H and O–H groups in total. The van der Waals surface area contributed by atoms with Crippen molar-refractivity contribution >= 4 is 11.4 Å². The van der Waals surface area contributed by atoms with E-state index in [1.165, 1.54) is 18.5 Å². The molecule has 3 heteroatoms. The Morgan fingerprint density at radius 2 is 1.94 bits per heavy atom. The van der Waals surface area contributed by atoms with Gasteiger partial charge in [-0.1, -0.05) is 0 Å². The second-order valence-electron chi connectivity index (χ2n) is 4.84. The molecular weight excluding hydrogens is 212 g/mol. The summed E-state index contributed by atoms with van der Waals surface area (Å²) in [6, 6.07) is 7.32. The van der Waals surface area contributed by atoms with Crippen LogP contribution >= 0.6 is 0 Å².